The Morgan fingerprint density at radius 3 is 1.94 bits per heavy atom. The first-order valence-corrected chi connectivity index (χ1v) is 12.8. The molecule has 0 aromatic heterocycles. The summed E-state index contributed by atoms with van der Waals surface area (Å²) >= 11 is 0. The fourth-order valence-corrected chi connectivity index (χ4v) is 8.62. The van der Waals surface area contributed by atoms with Gasteiger partial charge in [-0.1, -0.05) is 13.8 Å². The van der Waals surface area contributed by atoms with Gasteiger partial charge in [-0.05, 0) is 55.3 Å². The second kappa shape index (κ2) is 9.09. The Morgan fingerprint density at radius 1 is 0.743 bits per heavy atom. The molecule has 8 unspecified atom stereocenters. The molecule has 0 spiro atoms. The van der Waals surface area contributed by atoms with Crippen molar-refractivity contribution in [2.75, 3.05) is 13.2 Å². The maximum Gasteiger partial charge on any atom is 0.187 e. The average molecular weight is 504 g/mol. The maximum atomic E-state index is 11.0. The van der Waals surface area contributed by atoms with Crippen LogP contribution in [0.15, 0.2) is 0 Å². The molecule has 2 saturated heterocycles. The molecule has 202 valence electrons. The van der Waals surface area contributed by atoms with E-state index >= 15 is 0 Å². The molecule has 11 heteroatoms. The molecule has 4 bridgehead atoms. The molecule has 0 aromatic carbocycles. The largest absolute Gasteiger partial charge is 0.394 e. The molecule has 6 aliphatic rings. The number of hydrogen-bond acceptors (Lipinski definition) is 11. The zero-order valence-corrected chi connectivity index (χ0v) is 20.4. The molecule has 35 heavy (non-hydrogen) atoms. The molecule has 4 saturated carbocycles. The van der Waals surface area contributed by atoms with Crippen molar-refractivity contribution in [3.8, 4) is 0 Å². The first-order chi connectivity index (χ1) is 16.4. The zero-order valence-electron chi connectivity index (χ0n) is 20.4. The van der Waals surface area contributed by atoms with E-state index in [1.165, 1.54) is 19.3 Å². The van der Waals surface area contributed by atoms with Crippen molar-refractivity contribution >= 4 is 0 Å². The van der Waals surface area contributed by atoms with E-state index in [1.807, 2.05) is 0 Å². The van der Waals surface area contributed by atoms with Crippen molar-refractivity contribution < 1.29 is 50.0 Å². The number of aliphatic hydroxyl groups is 7. The summed E-state index contributed by atoms with van der Waals surface area (Å²) in [6.45, 7) is 3.50. The molecule has 2 heterocycles. The van der Waals surface area contributed by atoms with Gasteiger partial charge in [-0.3, -0.25) is 5.32 Å². The van der Waals surface area contributed by atoms with Crippen LogP contribution in [-0.4, -0.2) is 116 Å². The molecule has 0 amide bonds. The van der Waals surface area contributed by atoms with Crippen LogP contribution in [0.2, 0.25) is 0 Å². The third-order valence-electron chi connectivity index (χ3n) is 9.08. The molecule has 11 nitrogen and oxygen atoms in total. The summed E-state index contributed by atoms with van der Waals surface area (Å²) in [6, 6.07) is 0. The number of ether oxygens (including phenoxy) is 3. The van der Waals surface area contributed by atoms with Crippen molar-refractivity contribution in [2.45, 2.75) is 119 Å². The lowest BCUT2D eigenvalue weighted by molar-refractivity contribution is -0.344. The Labute approximate surface area is 205 Å². The Bertz CT molecular complexity index is 763. The summed E-state index contributed by atoms with van der Waals surface area (Å²) < 4.78 is 17.1. The van der Waals surface area contributed by atoms with Crippen LogP contribution >= 0.6 is 0 Å². The highest BCUT2D eigenvalue weighted by molar-refractivity contribution is 5.15. The van der Waals surface area contributed by atoms with E-state index in [4.69, 9.17) is 14.2 Å². The second-order valence-corrected chi connectivity index (χ2v) is 12.6. The van der Waals surface area contributed by atoms with Crippen LogP contribution in [-0.2, 0) is 14.2 Å². The smallest absolute Gasteiger partial charge is 0.187 e. The fraction of sp³-hybridized carbons (Fsp3) is 1.00. The van der Waals surface area contributed by atoms with Crippen molar-refractivity contribution in [3.63, 3.8) is 0 Å². The van der Waals surface area contributed by atoms with Gasteiger partial charge in [0.25, 0.3) is 0 Å². The van der Waals surface area contributed by atoms with Crippen molar-refractivity contribution in [1.82, 2.24) is 5.32 Å². The number of hydrogen-bond donors (Lipinski definition) is 8. The Hall–Kier alpha value is -0.440. The summed E-state index contributed by atoms with van der Waals surface area (Å²) in [6.07, 6.45) is -7.26. The quantitative estimate of drug-likeness (QED) is 0.200. The minimum absolute atomic E-state index is 0.223. The van der Waals surface area contributed by atoms with E-state index in [0.29, 0.717) is 5.92 Å². The second-order valence-electron chi connectivity index (χ2n) is 12.6. The summed E-state index contributed by atoms with van der Waals surface area (Å²) in [4.78, 5) is 0. The van der Waals surface area contributed by atoms with Crippen molar-refractivity contribution in [3.05, 3.63) is 0 Å². The van der Waals surface area contributed by atoms with Gasteiger partial charge >= 0.3 is 0 Å². The van der Waals surface area contributed by atoms with Gasteiger partial charge in [0.15, 0.2) is 6.29 Å². The Kier molecular flexibility index (Phi) is 6.80. The van der Waals surface area contributed by atoms with Gasteiger partial charge in [0.05, 0.1) is 13.2 Å². The van der Waals surface area contributed by atoms with Crippen molar-refractivity contribution in [2.24, 2.45) is 16.7 Å². The van der Waals surface area contributed by atoms with Crippen LogP contribution in [0.1, 0.15) is 52.4 Å². The zero-order chi connectivity index (χ0) is 25.3. The van der Waals surface area contributed by atoms with Gasteiger partial charge in [-0.15, -0.1) is 0 Å². The van der Waals surface area contributed by atoms with Gasteiger partial charge in [-0.25, -0.2) is 0 Å². The summed E-state index contributed by atoms with van der Waals surface area (Å²) in [5.41, 5.74) is 0.230. The highest BCUT2D eigenvalue weighted by atomic mass is 16.7. The summed E-state index contributed by atoms with van der Waals surface area (Å²) in [5.74, 6) is 0.607. The van der Waals surface area contributed by atoms with Crippen LogP contribution in [0.25, 0.3) is 0 Å². The van der Waals surface area contributed by atoms with Crippen LogP contribution in [0, 0.1) is 16.7 Å². The molecule has 12 atom stereocenters. The fourth-order valence-electron chi connectivity index (χ4n) is 8.62. The third-order valence-corrected chi connectivity index (χ3v) is 9.08. The van der Waals surface area contributed by atoms with E-state index in [2.05, 4.69) is 19.2 Å². The molecule has 4 aliphatic carbocycles. The molecule has 8 N–H and O–H groups in total. The lowest BCUT2D eigenvalue weighted by atomic mass is 9.42. The molecule has 0 aromatic rings. The normalized spacial score (nSPS) is 58.0. The third kappa shape index (κ3) is 4.57. The van der Waals surface area contributed by atoms with E-state index in [0.717, 1.165) is 19.3 Å². The number of rotatable bonds is 6. The van der Waals surface area contributed by atoms with E-state index in [1.54, 1.807) is 0 Å². The first kappa shape index (κ1) is 26.2. The SMILES string of the molecule is CC12CC3CC(C)(C1)CC(N[C@@H]1OC(CO)[C@@H](O[C@@H]4OC(CO)[C@H](O)C(O)C4O)C(O)C1O)(C3)C2. The standard InChI is InChI=1S/C24H41NO10/c1-22-3-11-4-23(2,8-22)10-24(5-11,9-22)25-20-17(31)16(30)19(13(7-27)33-20)35-21-18(32)15(29)14(28)12(6-26)34-21/h11-21,25-32H,3-10H2,1-2H3/t11?,12?,13?,14-,15?,16?,17?,18?,19+,20+,21-,22?,23?,24?/m0/s1. The van der Waals surface area contributed by atoms with Crippen LogP contribution in [0.5, 0.6) is 0 Å². The van der Waals surface area contributed by atoms with E-state index < -0.39 is 74.6 Å². The highest BCUT2D eigenvalue weighted by Gasteiger charge is 2.61. The predicted octanol–water partition coefficient (Wildman–Crippen LogP) is -2.05. The minimum Gasteiger partial charge on any atom is -0.394 e. The minimum atomic E-state index is -1.68. The molecule has 6 fully saturated rings. The van der Waals surface area contributed by atoms with Gasteiger partial charge < -0.3 is 50.0 Å². The first-order valence-electron chi connectivity index (χ1n) is 12.8. The lowest BCUT2D eigenvalue weighted by Gasteiger charge is -2.66. The Morgan fingerprint density at radius 2 is 1.37 bits per heavy atom. The van der Waals surface area contributed by atoms with Gasteiger partial charge in [-0.2, -0.15) is 0 Å². The van der Waals surface area contributed by atoms with Crippen molar-refractivity contribution in [1.29, 1.82) is 0 Å². The lowest BCUT2D eigenvalue weighted by Crippen LogP contribution is -2.71. The Balaban J connectivity index is 1.30. The van der Waals surface area contributed by atoms with Gasteiger partial charge in [0.2, 0.25) is 0 Å². The van der Waals surface area contributed by atoms with Crippen LogP contribution in [0.3, 0.4) is 0 Å². The van der Waals surface area contributed by atoms with Crippen LogP contribution in [0.4, 0.5) is 0 Å². The average Bonchev–Trinajstić information content (AvgIpc) is 2.76. The van der Waals surface area contributed by atoms with Gasteiger partial charge in [0, 0.05) is 5.54 Å². The highest BCUT2D eigenvalue weighted by Crippen LogP contribution is 2.66. The number of nitrogens with one attached hydrogen (secondary N) is 1. The molecular formula is C24H41NO10. The van der Waals surface area contributed by atoms with Crippen LogP contribution < -0.4 is 5.32 Å². The van der Waals surface area contributed by atoms with E-state index in [9.17, 15) is 35.7 Å². The maximum absolute atomic E-state index is 11.0. The monoisotopic (exact) mass is 503 g/mol. The molecule has 2 aliphatic heterocycles. The summed E-state index contributed by atoms with van der Waals surface area (Å²) in [5, 5.41) is 75.3. The topological polar surface area (TPSA) is 181 Å². The molecule has 0 radical (unpaired) electrons. The number of aliphatic hydroxyl groups excluding tert-OH is 7. The van der Waals surface area contributed by atoms with E-state index in [-0.39, 0.29) is 16.4 Å². The summed E-state index contributed by atoms with van der Waals surface area (Å²) in [7, 11) is 0. The predicted molar refractivity (Wildman–Crippen MR) is 120 cm³/mol. The molecule has 6 rings (SSSR count). The van der Waals surface area contributed by atoms with Gasteiger partial charge in [0.1, 0.15) is 55.1 Å². The molecular weight excluding hydrogens is 462 g/mol.